The standard InChI is InChI=1S/C27H20N6O10S3/c28-13-14-1-3-16(4-2-14)30-31-22-7-8-23(20-11-17(44(35,36)37)5-6-18(20)22)32-33-26-25(46(41,42)43)10-15-9-24(45(38,39)40)21(29)12-19(15)27(26)34/h1-5,7-10,12,34H,6,11,29H2,(H,35,36,37)(H,38,39,40)(H,41,42,43). The van der Waals surface area contributed by atoms with Crippen LogP contribution in [-0.2, 0) is 43.2 Å². The van der Waals surface area contributed by atoms with Gasteiger partial charge in [-0.15, -0.1) is 5.11 Å². The summed E-state index contributed by atoms with van der Waals surface area (Å²) < 4.78 is 101. The number of nitrogens with zero attached hydrogens (tertiary/aromatic N) is 5. The molecule has 4 aromatic carbocycles. The predicted octanol–water partition coefficient (Wildman–Crippen LogP) is 5.19. The van der Waals surface area contributed by atoms with E-state index in [2.05, 4.69) is 20.5 Å². The molecule has 16 nitrogen and oxygen atoms in total. The third-order valence-corrected chi connectivity index (χ3v) is 9.61. The molecule has 0 fully saturated rings. The molecule has 0 aliphatic heterocycles. The number of azo groups is 2. The van der Waals surface area contributed by atoms with Crippen molar-refractivity contribution in [3.63, 3.8) is 0 Å². The van der Waals surface area contributed by atoms with Gasteiger partial charge in [-0.1, -0.05) is 6.08 Å². The summed E-state index contributed by atoms with van der Waals surface area (Å²) in [5.41, 5.74) is 6.20. The van der Waals surface area contributed by atoms with Gasteiger partial charge in [0, 0.05) is 11.8 Å². The SMILES string of the molecule is N#Cc1ccc(N=Nc2ccc(N=Nc3c(S(=O)(=O)O)cc4cc(S(=O)(=O)O)c(N)cc4c3O)c3c2CC=C(S(=O)(=O)O)C3)cc1. The quantitative estimate of drug-likeness (QED) is 0.0954. The molecule has 0 saturated heterocycles. The molecule has 0 spiro atoms. The first-order valence-corrected chi connectivity index (χ1v) is 17.0. The molecule has 1 aliphatic rings. The van der Waals surface area contributed by atoms with Crippen LogP contribution in [0.15, 0.2) is 95.8 Å². The zero-order valence-electron chi connectivity index (χ0n) is 23.0. The van der Waals surface area contributed by atoms with E-state index in [9.17, 15) is 44.0 Å². The largest absolute Gasteiger partial charge is 0.505 e. The van der Waals surface area contributed by atoms with Crippen LogP contribution in [0.25, 0.3) is 10.8 Å². The summed E-state index contributed by atoms with van der Waals surface area (Å²) in [5.74, 6) is -0.873. The first-order chi connectivity index (χ1) is 21.5. The van der Waals surface area contributed by atoms with Crippen LogP contribution in [-0.4, -0.2) is 44.0 Å². The Hall–Kier alpha value is -5.10. The summed E-state index contributed by atoms with van der Waals surface area (Å²) in [4.78, 5) is -2.11. The van der Waals surface area contributed by atoms with Gasteiger partial charge in [0.15, 0.2) is 5.75 Å². The van der Waals surface area contributed by atoms with E-state index in [0.29, 0.717) is 22.5 Å². The van der Waals surface area contributed by atoms with E-state index in [0.717, 1.165) is 18.2 Å². The summed E-state index contributed by atoms with van der Waals surface area (Å²) >= 11 is 0. The van der Waals surface area contributed by atoms with E-state index in [1.165, 1.54) is 18.2 Å². The van der Waals surface area contributed by atoms with Gasteiger partial charge in [-0.2, -0.15) is 45.9 Å². The maximum absolute atomic E-state index is 12.3. The minimum Gasteiger partial charge on any atom is -0.505 e. The zero-order chi connectivity index (χ0) is 33.6. The fourth-order valence-corrected chi connectivity index (χ4v) is 6.58. The van der Waals surface area contributed by atoms with Crippen molar-refractivity contribution in [2.75, 3.05) is 5.73 Å². The number of phenolic OH excluding ortho intramolecular Hbond substituents is 1. The number of nitrogens with two attached hydrogens (primary N) is 1. The van der Waals surface area contributed by atoms with Crippen molar-refractivity contribution in [1.29, 1.82) is 5.26 Å². The van der Waals surface area contributed by atoms with Crippen LogP contribution in [0.3, 0.4) is 0 Å². The van der Waals surface area contributed by atoms with Crippen molar-refractivity contribution in [2.45, 2.75) is 22.6 Å². The van der Waals surface area contributed by atoms with Crippen molar-refractivity contribution >= 4 is 69.6 Å². The molecule has 0 aromatic heterocycles. The van der Waals surface area contributed by atoms with Crippen molar-refractivity contribution < 1.29 is 44.0 Å². The lowest BCUT2D eigenvalue weighted by molar-refractivity contribution is 0.472. The number of rotatable bonds is 7. The molecule has 0 heterocycles. The summed E-state index contributed by atoms with van der Waals surface area (Å²) in [6.07, 6.45) is 0.866. The Bertz CT molecular complexity index is 2420. The van der Waals surface area contributed by atoms with E-state index < -0.39 is 57.3 Å². The Morgan fingerprint density at radius 2 is 1.33 bits per heavy atom. The number of nitriles is 1. The topological polar surface area (TPSA) is 283 Å². The Kier molecular flexibility index (Phi) is 8.20. The first kappa shape index (κ1) is 32.3. The second kappa shape index (κ2) is 11.7. The predicted molar refractivity (Wildman–Crippen MR) is 163 cm³/mol. The van der Waals surface area contributed by atoms with E-state index >= 15 is 0 Å². The van der Waals surface area contributed by atoms with Crippen LogP contribution in [0.1, 0.15) is 16.7 Å². The highest BCUT2D eigenvalue weighted by atomic mass is 32.2. The number of anilines is 1. The Balaban J connectivity index is 1.65. The molecule has 0 bridgehead atoms. The molecule has 1 aliphatic carbocycles. The summed E-state index contributed by atoms with van der Waals surface area (Å²) in [6.45, 7) is 0. The lowest BCUT2D eigenvalue weighted by atomic mass is 9.93. The number of hydrogen-bond acceptors (Lipinski definition) is 13. The van der Waals surface area contributed by atoms with Crippen molar-refractivity contribution in [2.24, 2.45) is 20.5 Å². The van der Waals surface area contributed by atoms with Gasteiger partial charge in [0.25, 0.3) is 30.4 Å². The summed E-state index contributed by atoms with van der Waals surface area (Å²) in [7, 11) is -14.6. The molecule has 236 valence electrons. The lowest BCUT2D eigenvalue weighted by Gasteiger charge is -2.18. The first-order valence-electron chi connectivity index (χ1n) is 12.7. The lowest BCUT2D eigenvalue weighted by Crippen LogP contribution is -2.11. The average molecular weight is 685 g/mol. The molecule has 46 heavy (non-hydrogen) atoms. The van der Waals surface area contributed by atoms with Gasteiger partial charge in [0.1, 0.15) is 15.5 Å². The third-order valence-electron chi connectivity index (χ3n) is 6.86. The van der Waals surface area contributed by atoms with Crippen LogP contribution < -0.4 is 5.73 Å². The van der Waals surface area contributed by atoms with Crippen molar-refractivity contribution in [1.82, 2.24) is 0 Å². The highest BCUT2D eigenvalue weighted by molar-refractivity contribution is 7.89. The number of nitrogen functional groups attached to an aromatic ring is 1. The van der Waals surface area contributed by atoms with Crippen LogP contribution in [0.4, 0.5) is 28.4 Å². The Labute approximate surface area is 261 Å². The third kappa shape index (κ3) is 6.47. The number of phenols is 1. The van der Waals surface area contributed by atoms with Gasteiger partial charge in [0.05, 0.1) is 39.3 Å². The van der Waals surface area contributed by atoms with Crippen LogP contribution >= 0.6 is 0 Å². The van der Waals surface area contributed by atoms with E-state index in [-0.39, 0.29) is 39.8 Å². The number of aromatic hydroxyl groups is 1. The van der Waals surface area contributed by atoms with Crippen LogP contribution in [0.2, 0.25) is 0 Å². The minimum atomic E-state index is -5.12. The fourth-order valence-electron chi connectivity index (χ4n) is 4.66. The molecule has 0 saturated carbocycles. The molecule has 4 aromatic rings. The van der Waals surface area contributed by atoms with Gasteiger partial charge < -0.3 is 10.8 Å². The number of allylic oxidation sites excluding steroid dienone is 2. The second-order valence-corrected chi connectivity index (χ2v) is 14.0. The van der Waals surface area contributed by atoms with Gasteiger partial charge >= 0.3 is 0 Å². The van der Waals surface area contributed by atoms with E-state index in [4.69, 9.17) is 11.0 Å². The smallest absolute Gasteiger partial charge is 0.296 e. The average Bonchev–Trinajstić information content (AvgIpc) is 2.98. The molecular formula is C27H20N6O10S3. The number of hydrogen-bond donors (Lipinski definition) is 5. The van der Waals surface area contributed by atoms with E-state index in [1.54, 1.807) is 24.3 Å². The zero-order valence-corrected chi connectivity index (χ0v) is 25.4. The van der Waals surface area contributed by atoms with Gasteiger partial charge in [-0.05, 0) is 77.5 Å². The van der Waals surface area contributed by atoms with Crippen molar-refractivity contribution in [3.8, 4) is 11.8 Å². The van der Waals surface area contributed by atoms with Gasteiger partial charge in [-0.25, -0.2) is 0 Å². The molecule has 19 heteroatoms. The molecule has 0 amide bonds. The van der Waals surface area contributed by atoms with Crippen molar-refractivity contribution in [3.05, 3.63) is 82.3 Å². The summed E-state index contributed by atoms with van der Waals surface area (Å²) in [5, 5.41) is 35.7. The molecule has 0 unspecified atom stereocenters. The van der Waals surface area contributed by atoms with Crippen LogP contribution in [0.5, 0.6) is 5.75 Å². The molecule has 5 rings (SSSR count). The van der Waals surface area contributed by atoms with Gasteiger partial charge in [-0.3, -0.25) is 13.7 Å². The molecular weight excluding hydrogens is 665 g/mol. The number of benzene rings is 4. The highest BCUT2D eigenvalue weighted by Gasteiger charge is 2.27. The Morgan fingerprint density at radius 3 is 1.91 bits per heavy atom. The van der Waals surface area contributed by atoms with Crippen LogP contribution in [0, 0.1) is 11.3 Å². The van der Waals surface area contributed by atoms with Gasteiger partial charge in [0.2, 0.25) is 0 Å². The van der Waals surface area contributed by atoms with E-state index in [1.807, 2.05) is 6.07 Å². The Morgan fingerprint density at radius 1 is 0.739 bits per heavy atom. The molecule has 6 N–H and O–H groups in total. The fraction of sp³-hybridized carbons (Fsp3) is 0.0741. The number of fused-ring (bicyclic) bond motifs is 2. The maximum Gasteiger partial charge on any atom is 0.296 e. The second-order valence-electron chi connectivity index (χ2n) is 9.78. The normalized spacial score (nSPS) is 14.0. The molecule has 0 atom stereocenters. The minimum absolute atomic E-state index is 0.0245. The molecule has 0 radical (unpaired) electrons. The highest BCUT2D eigenvalue weighted by Crippen LogP contribution is 2.44. The summed E-state index contributed by atoms with van der Waals surface area (Å²) in [6, 6.07) is 13.5. The monoisotopic (exact) mass is 684 g/mol. The maximum atomic E-state index is 12.3.